The molecule has 114 valence electrons. The molecular formula is C12H11BrF3N3O2. The Morgan fingerprint density at radius 1 is 1.43 bits per heavy atom. The number of anilines is 1. The molecule has 1 aromatic rings. The number of pyridine rings is 1. The van der Waals surface area contributed by atoms with Crippen LogP contribution in [0.3, 0.4) is 0 Å². The average Bonchev–Trinajstić information content (AvgIpc) is 2.40. The molecule has 0 saturated carbocycles. The molecule has 0 bridgehead atoms. The summed E-state index contributed by atoms with van der Waals surface area (Å²) >= 11 is 2.93. The van der Waals surface area contributed by atoms with E-state index in [4.69, 9.17) is 0 Å². The lowest BCUT2D eigenvalue weighted by molar-refractivity contribution is -0.147. The molecular weight excluding hydrogens is 355 g/mol. The zero-order valence-corrected chi connectivity index (χ0v) is 12.5. The van der Waals surface area contributed by atoms with Gasteiger partial charge in [0.25, 0.3) is 5.91 Å². The SMILES string of the molecule is CN1C(=O)CCC(Nc2ncc(Br)cc2C(F)(F)F)C1=O. The number of likely N-dealkylation sites (N-methyl/N-ethyl adjacent to an activating group) is 1. The van der Waals surface area contributed by atoms with Gasteiger partial charge in [0.1, 0.15) is 11.9 Å². The van der Waals surface area contributed by atoms with Crippen LogP contribution in [0.1, 0.15) is 18.4 Å². The third-order valence-electron chi connectivity index (χ3n) is 3.12. The van der Waals surface area contributed by atoms with Crippen LogP contribution in [0.4, 0.5) is 19.0 Å². The number of halogens is 4. The molecule has 1 aliphatic heterocycles. The molecule has 21 heavy (non-hydrogen) atoms. The molecule has 0 spiro atoms. The van der Waals surface area contributed by atoms with Crippen LogP contribution in [0.2, 0.25) is 0 Å². The Labute approximate surface area is 126 Å². The summed E-state index contributed by atoms with van der Waals surface area (Å²) in [6, 6.07) is -0.0141. The van der Waals surface area contributed by atoms with E-state index in [9.17, 15) is 22.8 Å². The van der Waals surface area contributed by atoms with Crippen molar-refractivity contribution in [1.82, 2.24) is 9.88 Å². The molecule has 1 N–H and O–H groups in total. The largest absolute Gasteiger partial charge is 0.419 e. The van der Waals surface area contributed by atoms with Crippen LogP contribution in [-0.2, 0) is 15.8 Å². The quantitative estimate of drug-likeness (QED) is 0.817. The van der Waals surface area contributed by atoms with Crippen LogP contribution in [0.25, 0.3) is 0 Å². The minimum absolute atomic E-state index is 0.0950. The topological polar surface area (TPSA) is 62.3 Å². The maximum Gasteiger partial charge on any atom is 0.419 e. The summed E-state index contributed by atoms with van der Waals surface area (Å²) in [5, 5.41) is 2.49. The van der Waals surface area contributed by atoms with E-state index in [-0.39, 0.29) is 23.2 Å². The van der Waals surface area contributed by atoms with E-state index in [0.717, 1.165) is 11.0 Å². The van der Waals surface area contributed by atoms with Crippen molar-refractivity contribution in [2.75, 3.05) is 12.4 Å². The van der Waals surface area contributed by atoms with Crippen molar-refractivity contribution < 1.29 is 22.8 Å². The summed E-state index contributed by atoms with van der Waals surface area (Å²) in [7, 11) is 1.30. The molecule has 1 aromatic heterocycles. The molecule has 1 aliphatic rings. The van der Waals surface area contributed by atoms with Gasteiger partial charge in [-0.15, -0.1) is 0 Å². The van der Waals surface area contributed by atoms with Crippen LogP contribution in [0.15, 0.2) is 16.7 Å². The molecule has 2 amide bonds. The van der Waals surface area contributed by atoms with Crippen molar-refractivity contribution in [3.63, 3.8) is 0 Å². The van der Waals surface area contributed by atoms with E-state index in [2.05, 4.69) is 26.2 Å². The fraction of sp³-hybridized carbons (Fsp3) is 0.417. The van der Waals surface area contributed by atoms with Gasteiger partial charge in [-0.25, -0.2) is 4.98 Å². The monoisotopic (exact) mass is 365 g/mol. The average molecular weight is 366 g/mol. The number of hydrogen-bond donors (Lipinski definition) is 1. The number of carbonyl (C=O) groups excluding carboxylic acids is 2. The fourth-order valence-corrected chi connectivity index (χ4v) is 2.32. The molecule has 9 heteroatoms. The number of aromatic nitrogens is 1. The third kappa shape index (κ3) is 3.34. The van der Waals surface area contributed by atoms with Crippen molar-refractivity contribution in [1.29, 1.82) is 0 Å². The number of nitrogens with one attached hydrogen (secondary N) is 1. The fourth-order valence-electron chi connectivity index (χ4n) is 1.98. The van der Waals surface area contributed by atoms with Crippen molar-refractivity contribution in [3.8, 4) is 0 Å². The Kier molecular flexibility index (Phi) is 4.22. The first kappa shape index (κ1) is 15.7. The number of alkyl halides is 3. The molecule has 0 aromatic carbocycles. The number of carbonyl (C=O) groups is 2. The van der Waals surface area contributed by atoms with Gasteiger partial charge >= 0.3 is 6.18 Å². The maximum absolute atomic E-state index is 13.0. The van der Waals surface area contributed by atoms with Crippen LogP contribution in [-0.4, -0.2) is 34.8 Å². The highest BCUT2D eigenvalue weighted by Crippen LogP contribution is 2.35. The third-order valence-corrected chi connectivity index (χ3v) is 3.55. The van der Waals surface area contributed by atoms with Crippen molar-refractivity contribution in [3.05, 3.63) is 22.3 Å². The number of nitrogens with zero attached hydrogens (tertiary/aromatic N) is 2. The Balaban J connectivity index is 2.28. The summed E-state index contributed by atoms with van der Waals surface area (Å²) in [4.78, 5) is 27.8. The van der Waals surface area contributed by atoms with Crippen molar-refractivity contribution in [2.24, 2.45) is 0 Å². The summed E-state index contributed by atoms with van der Waals surface area (Å²) in [6.07, 6.45) is -3.16. The summed E-state index contributed by atoms with van der Waals surface area (Å²) in [5.74, 6) is -1.34. The number of imide groups is 1. The Hall–Kier alpha value is -1.64. The van der Waals surface area contributed by atoms with Crippen molar-refractivity contribution >= 4 is 33.6 Å². The highest BCUT2D eigenvalue weighted by atomic mass is 79.9. The lowest BCUT2D eigenvalue weighted by Crippen LogP contribution is -2.48. The molecule has 2 heterocycles. The predicted molar refractivity (Wildman–Crippen MR) is 71.4 cm³/mol. The zero-order valence-electron chi connectivity index (χ0n) is 10.9. The molecule has 1 fully saturated rings. The summed E-state index contributed by atoms with van der Waals surface area (Å²) in [6.45, 7) is 0. The van der Waals surface area contributed by atoms with Gasteiger partial charge in [-0.3, -0.25) is 14.5 Å². The van der Waals surface area contributed by atoms with Crippen LogP contribution in [0, 0.1) is 0 Å². The molecule has 2 rings (SSSR count). The number of rotatable bonds is 2. The Morgan fingerprint density at radius 3 is 2.71 bits per heavy atom. The Morgan fingerprint density at radius 2 is 2.10 bits per heavy atom. The van der Waals surface area contributed by atoms with E-state index in [1.54, 1.807) is 0 Å². The number of amides is 2. The first-order chi connectivity index (χ1) is 9.70. The molecule has 0 aliphatic carbocycles. The maximum atomic E-state index is 13.0. The van der Waals surface area contributed by atoms with E-state index in [1.807, 2.05) is 0 Å². The number of likely N-dealkylation sites (tertiary alicyclic amines) is 1. The van der Waals surface area contributed by atoms with Crippen LogP contribution < -0.4 is 5.32 Å². The lowest BCUT2D eigenvalue weighted by Gasteiger charge is -2.29. The van der Waals surface area contributed by atoms with Gasteiger partial charge in [-0.05, 0) is 28.4 Å². The Bertz CT molecular complexity index is 592. The van der Waals surface area contributed by atoms with Gasteiger partial charge < -0.3 is 5.32 Å². The summed E-state index contributed by atoms with van der Waals surface area (Å²) in [5.41, 5.74) is -0.968. The molecule has 1 saturated heterocycles. The molecule has 0 radical (unpaired) electrons. The first-order valence-electron chi connectivity index (χ1n) is 6.00. The predicted octanol–water partition coefficient (Wildman–Crippen LogP) is 2.42. The lowest BCUT2D eigenvalue weighted by atomic mass is 10.0. The minimum atomic E-state index is -4.60. The highest BCUT2D eigenvalue weighted by molar-refractivity contribution is 9.10. The minimum Gasteiger partial charge on any atom is -0.358 e. The highest BCUT2D eigenvalue weighted by Gasteiger charge is 2.37. The molecule has 1 atom stereocenters. The summed E-state index contributed by atoms with van der Waals surface area (Å²) < 4.78 is 39.1. The van der Waals surface area contributed by atoms with Gasteiger partial charge in [0.15, 0.2) is 0 Å². The second-order valence-corrected chi connectivity index (χ2v) is 5.49. The number of piperidine rings is 1. The van der Waals surface area contributed by atoms with Gasteiger partial charge in [0.05, 0.1) is 5.56 Å². The van der Waals surface area contributed by atoms with Gasteiger partial charge in [0, 0.05) is 24.1 Å². The van der Waals surface area contributed by atoms with E-state index in [1.165, 1.54) is 13.2 Å². The van der Waals surface area contributed by atoms with Crippen LogP contribution >= 0.6 is 15.9 Å². The number of hydrogen-bond acceptors (Lipinski definition) is 4. The van der Waals surface area contributed by atoms with Gasteiger partial charge in [-0.1, -0.05) is 0 Å². The van der Waals surface area contributed by atoms with E-state index >= 15 is 0 Å². The van der Waals surface area contributed by atoms with Crippen molar-refractivity contribution in [2.45, 2.75) is 25.1 Å². The second-order valence-electron chi connectivity index (χ2n) is 4.57. The smallest absolute Gasteiger partial charge is 0.358 e. The standard InChI is InChI=1S/C12H11BrF3N3O2/c1-19-9(20)3-2-8(11(19)21)18-10-7(12(14,15)16)4-6(13)5-17-10/h4-5,8H,2-3H2,1H3,(H,17,18). The van der Waals surface area contributed by atoms with E-state index < -0.39 is 29.5 Å². The second kappa shape index (κ2) is 5.63. The van der Waals surface area contributed by atoms with Gasteiger partial charge in [-0.2, -0.15) is 13.2 Å². The zero-order chi connectivity index (χ0) is 15.8. The first-order valence-corrected chi connectivity index (χ1v) is 6.79. The molecule has 1 unspecified atom stereocenters. The van der Waals surface area contributed by atoms with Gasteiger partial charge in [0.2, 0.25) is 5.91 Å². The van der Waals surface area contributed by atoms with Crippen LogP contribution in [0.5, 0.6) is 0 Å². The normalized spacial score (nSPS) is 19.9. The molecule has 5 nitrogen and oxygen atoms in total. The van der Waals surface area contributed by atoms with E-state index in [0.29, 0.717) is 0 Å².